The fourth-order valence-corrected chi connectivity index (χ4v) is 1.34. The van der Waals surface area contributed by atoms with Gasteiger partial charge in [0.05, 0.1) is 4.92 Å². The summed E-state index contributed by atoms with van der Waals surface area (Å²) < 4.78 is 5.58. The van der Waals surface area contributed by atoms with Crippen LogP contribution in [0.4, 0.5) is 5.69 Å². The van der Waals surface area contributed by atoms with E-state index in [0.717, 1.165) is 5.56 Å². The highest BCUT2D eigenvalue weighted by Crippen LogP contribution is 2.25. The second kappa shape index (κ2) is 4.61. The van der Waals surface area contributed by atoms with E-state index >= 15 is 0 Å². The molecule has 0 aliphatic carbocycles. The maximum atomic E-state index is 10.5. The monoisotopic (exact) mass is 230 g/mol. The maximum Gasteiger partial charge on any atom is 0.269 e. The highest BCUT2D eigenvalue weighted by molar-refractivity contribution is 5.39. The Morgan fingerprint density at radius 3 is 2.53 bits per heavy atom. The first kappa shape index (κ1) is 11.1. The van der Waals surface area contributed by atoms with Crippen molar-refractivity contribution >= 4 is 5.69 Å². The van der Waals surface area contributed by atoms with Gasteiger partial charge in [0.2, 0.25) is 0 Å². The number of aromatic nitrogens is 1. The molecule has 0 amide bonds. The molecular formula is C12H10N2O3. The summed E-state index contributed by atoms with van der Waals surface area (Å²) in [5.74, 6) is 1.25. The second-order valence-electron chi connectivity index (χ2n) is 3.49. The van der Waals surface area contributed by atoms with Crippen LogP contribution in [0.1, 0.15) is 5.56 Å². The van der Waals surface area contributed by atoms with Crippen LogP contribution in [-0.2, 0) is 0 Å². The smallest absolute Gasteiger partial charge is 0.269 e. The predicted molar refractivity (Wildman–Crippen MR) is 62.1 cm³/mol. The lowest BCUT2D eigenvalue weighted by molar-refractivity contribution is -0.384. The molecule has 0 bridgehead atoms. The number of pyridine rings is 1. The zero-order chi connectivity index (χ0) is 12.3. The molecule has 1 aromatic heterocycles. The Hall–Kier alpha value is -2.43. The van der Waals surface area contributed by atoms with Crippen molar-refractivity contribution in [2.24, 2.45) is 0 Å². The molecule has 0 aliphatic heterocycles. The number of hydrogen-bond acceptors (Lipinski definition) is 4. The van der Waals surface area contributed by atoms with Gasteiger partial charge in [0.15, 0.2) is 0 Å². The number of hydrogen-bond donors (Lipinski definition) is 0. The molecule has 0 saturated heterocycles. The molecule has 0 fully saturated rings. The molecule has 0 saturated carbocycles. The van der Waals surface area contributed by atoms with Crippen LogP contribution in [0.2, 0.25) is 0 Å². The van der Waals surface area contributed by atoms with Gasteiger partial charge in [-0.2, -0.15) is 0 Å². The van der Waals surface area contributed by atoms with E-state index in [9.17, 15) is 10.1 Å². The summed E-state index contributed by atoms with van der Waals surface area (Å²) in [6, 6.07) is 7.70. The van der Waals surface area contributed by atoms with Crippen LogP contribution in [0.25, 0.3) is 0 Å². The molecule has 0 aliphatic rings. The van der Waals surface area contributed by atoms with Gasteiger partial charge in [0.1, 0.15) is 11.5 Å². The van der Waals surface area contributed by atoms with Crippen molar-refractivity contribution in [3.8, 4) is 11.5 Å². The zero-order valence-electron chi connectivity index (χ0n) is 9.16. The molecule has 1 aromatic carbocycles. The maximum absolute atomic E-state index is 10.5. The largest absolute Gasteiger partial charge is 0.457 e. The minimum Gasteiger partial charge on any atom is -0.457 e. The molecule has 0 atom stereocenters. The first-order chi connectivity index (χ1) is 8.16. The van der Waals surface area contributed by atoms with Crippen LogP contribution < -0.4 is 4.74 Å². The van der Waals surface area contributed by atoms with E-state index < -0.39 is 4.92 Å². The van der Waals surface area contributed by atoms with Gasteiger partial charge in [0.25, 0.3) is 5.69 Å². The van der Waals surface area contributed by atoms with Crippen LogP contribution in [-0.4, -0.2) is 9.91 Å². The summed E-state index contributed by atoms with van der Waals surface area (Å²) in [6.45, 7) is 1.88. The Kier molecular flexibility index (Phi) is 3.00. The van der Waals surface area contributed by atoms with E-state index in [4.69, 9.17) is 4.74 Å². The van der Waals surface area contributed by atoms with Crippen molar-refractivity contribution in [1.29, 1.82) is 0 Å². The average Bonchev–Trinajstić information content (AvgIpc) is 2.33. The minimum absolute atomic E-state index is 0.0452. The Balaban J connectivity index is 2.20. The van der Waals surface area contributed by atoms with Gasteiger partial charge in [-0.3, -0.25) is 15.1 Å². The minimum atomic E-state index is -0.443. The van der Waals surface area contributed by atoms with Crippen LogP contribution in [0, 0.1) is 17.0 Å². The predicted octanol–water partition coefficient (Wildman–Crippen LogP) is 3.09. The highest BCUT2D eigenvalue weighted by atomic mass is 16.6. The SMILES string of the molecule is Cc1cnccc1Oc1ccc([N+](=O)[O-])cc1. The van der Waals surface area contributed by atoms with Crippen molar-refractivity contribution < 1.29 is 9.66 Å². The van der Waals surface area contributed by atoms with Gasteiger partial charge in [0, 0.05) is 30.1 Å². The molecule has 2 aromatic rings. The summed E-state index contributed by atoms with van der Waals surface area (Å²) in [5, 5.41) is 10.5. The van der Waals surface area contributed by atoms with E-state index in [0.29, 0.717) is 11.5 Å². The Morgan fingerprint density at radius 1 is 1.24 bits per heavy atom. The summed E-state index contributed by atoms with van der Waals surface area (Å²) >= 11 is 0. The van der Waals surface area contributed by atoms with Crippen LogP contribution in [0.3, 0.4) is 0 Å². The summed E-state index contributed by atoms with van der Waals surface area (Å²) in [5.41, 5.74) is 0.953. The number of aryl methyl sites for hydroxylation is 1. The van der Waals surface area contributed by atoms with Crippen molar-refractivity contribution in [1.82, 2.24) is 4.98 Å². The molecular weight excluding hydrogens is 220 g/mol. The molecule has 2 rings (SSSR count). The van der Waals surface area contributed by atoms with Crippen molar-refractivity contribution in [2.45, 2.75) is 6.92 Å². The first-order valence-corrected chi connectivity index (χ1v) is 5.00. The molecule has 5 heteroatoms. The van der Waals surface area contributed by atoms with E-state index in [2.05, 4.69) is 4.98 Å². The number of non-ortho nitro benzene ring substituents is 1. The van der Waals surface area contributed by atoms with Gasteiger partial charge in [-0.05, 0) is 25.1 Å². The summed E-state index contributed by atoms with van der Waals surface area (Å²) in [7, 11) is 0. The number of rotatable bonds is 3. The quantitative estimate of drug-likeness (QED) is 0.600. The van der Waals surface area contributed by atoms with Gasteiger partial charge in [-0.15, -0.1) is 0 Å². The van der Waals surface area contributed by atoms with E-state index in [-0.39, 0.29) is 5.69 Å². The third-order valence-electron chi connectivity index (χ3n) is 2.24. The summed E-state index contributed by atoms with van der Waals surface area (Å²) in [6.07, 6.45) is 3.33. The molecule has 0 N–H and O–H groups in total. The van der Waals surface area contributed by atoms with Gasteiger partial charge in [-0.25, -0.2) is 0 Å². The fourth-order valence-electron chi connectivity index (χ4n) is 1.34. The third kappa shape index (κ3) is 2.57. The number of ether oxygens (including phenoxy) is 1. The first-order valence-electron chi connectivity index (χ1n) is 5.00. The van der Waals surface area contributed by atoms with Gasteiger partial charge < -0.3 is 4.74 Å². The second-order valence-corrected chi connectivity index (χ2v) is 3.49. The number of nitro benzene ring substituents is 1. The molecule has 1 heterocycles. The Morgan fingerprint density at radius 2 is 1.94 bits per heavy atom. The lowest BCUT2D eigenvalue weighted by Crippen LogP contribution is -1.90. The zero-order valence-corrected chi connectivity index (χ0v) is 9.16. The van der Waals surface area contributed by atoms with E-state index in [1.54, 1.807) is 30.6 Å². The van der Waals surface area contributed by atoms with E-state index in [1.165, 1.54) is 12.1 Å². The summed E-state index contributed by atoms with van der Waals surface area (Å²) in [4.78, 5) is 14.0. The molecule has 0 spiro atoms. The van der Waals surface area contributed by atoms with Gasteiger partial charge >= 0.3 is 0 Å². The standard InChI is InChI=1S/C12H10N2O3/c1-9-8-13-7-6-12(9)17-11-4-2-10(3-5-11)14(15)16/h2-8H,1H3. The Labute approximate surface area is 97.8 Å². The lowest BCUT2D eigenvalue weighted by atomic mass is 10.3. The molecule has 5 nitrogen and oxygen atoms in total. The van der Waals surface area contributed by atoms with E-state index in [1.807, 2.05) is 6.92 Å². The lowest BCUT2D eigenvalue weighted by Gasteiger charge is -2.07. The van der Waals surface area contributed by atoms with Crippen molar-refractivity contribution in [2.75, 3.05) is 0 Å². The van der Waals surface area contributed by atoms with Gasteiger partial charge in [-0.1, -0.05) is 0 Å². The number of benzene rings is 1. The molecule has 17 heavy (non-hydrogen) atoms. The molecule has 0 unspecified atom stereocenters. The van der Waals surface area contributed by atoms with Crippen LogP contribution in [0.5, 0.6) is 11.5 Å². The highest BCUT2D eigenvalue weighted by Gasteiger charge is 2.05. The van der Waals surface area contributed by atoms with Crippen LogP contribution >= 0.6 is 0 Å². The third-order valence-corrected chi connectivity index (χ3v) is 2.24. The normalized spacial score (nSPS) is 9.94. The topological polar surface area (TPSA) is 65.3 Å². The van der Waals surface area contributed by atoms with Crippen LogP contribution in [0.15, 0.2) is 42.7 Å². The molecule has 0 radical (unpaired) electrons. The van der Waals surface area contributed by atoms with Crippen molar-refractivity contribution in [3.63, 3.8) is 0 Å². The number of nitrogens with zero attached hydrogens (tertiary/aromatic N) is 2. The van der Waals surface area contributed by atoms with Crippen molar-refractivity contribution in [3.05, 3.63) is 58.4 Å². The molecule has 86 valence electrons. The number of nitro groups is 1. The average molecular weight is 230 g/mol. The Bertz CT molecular complexity index is 538. The fraction of sp³-hybridized carbons (Fsp3) is 0.0833.